The number of rotatable bonds is 3. The summed E-state index contributed by atoms with van der Waals surface area (Å²) in [5.74, 6) is 0.407. The molecule has 1 atom stereocenters. The predicted molar refractivity (Wildman–Crippen MR) is 82.8 cm³/mol. The Bertz CT molecular complexity index is 599. The molecule has 3 N–H and O–H groups in total. The van der Waals surface area contributed by atoms with Crippen LogP contribution in [-0.4, -0.2) is 25.8 Å². The second kappa shape index (κ2) is 5.61. The van der Waals surface area contributed by atoms with Crippen LogP contribution in [0.1, 0.15) is 30.9 Å². The van der Waals surface area contributed by atoms with Gasteiger partial charge in [0.05, 0.1) is 5.69 Å². The summed E-state index contributed by atoms with van der Waals surface area (Å²) in [5, 5.41) is 0. The first kappa shape index (κ1) is 15.1. The van der Waals surface area contributed by atoms with Gasteiger partial charge < -0.3 is 5.73 Å². The molecule has 0 aliphatic carbocycles. The summed E-state index contributed by atoms with van der Waals surface area (Å²) in [4.78, 5) is 0. The maximum absolute atomic E-state index is 12.4. The zero-order valence-electron chi connectivity index (χ0n) is 12.3. The standard InChI is InChI=1S/C14H23N3O2S/c1-10-5-4-6-17(9-10)20(18,19)16-14-8-13(15)11(2)7-12(14)3/h7-8,10,16H,4-6,9,15H2,1-3H3. The minimum Gasteiger partial charge on any atom is -0.398 e. The van der Waals surface area contributed by atoms with Gasteiger partial charge in [-0.25, -0.2) is 0 Å². The Hall–Kier alpha value is -1.27. The predicted octanol–water partition coefficient (Wildman–Crippen LogP) is 2.27. The highest BCUT2D eigenvalue weighted by molar-refractivity contribution is 7.90. The van der Waals surface area contributed by atoms with Crippen molar-refractivity contribution >= 4 is 21.6 Å². The van der Waals surface area contributed by atoms with E-state index in [0.717, 1.165) is 24.0 Å². The summed E-state index contributed by atoms with van der Waals surface area (Å²) in [5.41, 5.74) is 8.85. The average molecular weight is 297 g/mol. The van der Waals surface area contributed by atoms with Gasteiger partial charge in [0.2, 0.25) is 0 Å². The van der Waals surface area contributed by atoms with E-state index in [1.54, 1.807) is 6.07 Å². The molecule has 1 aromatic carbocycles. The molecule has 112 valence electrons. The van der Waals surface area contributed by atoms with Crippen molar-refractivity contribution in [2.45, 2.75) is 33.6 Å². The molecular weight excluding hydrogens is 274 g/mol. The van der Waals surface area contributed by atoms with Gasteiger partial charge in [0.15, 0.2) is 0 Å². The molecule has 1 unspecified atom stereocenters. The number of piperidine rings is 1. The third-order valence-corrected chi connectivity index (χ3v) is 5.30. The zero-order valence-corrected chi connectivity index (χ0v) is 13.1. The van der Waals surface area contributed by atoms with Crippen LogP contribution in [0.5, 0.6) is 0 Å². The number of nitrogen functional groups attached to an aromatic ring is 1. The van der Waals surface area contributed by atoms with E-state index in [4.69, 9.17) is 5.73 Å². The van der Waals surface area contributed by atoms with Crippen LogP contribution in [-0.2, 0) is 10.2 Å². The van der Waals surface area contributed by atoms with E-state index < -0.39 is 10.2 Å². The Balaban J connectivity index is 2.22. The van der Waals surface area contributed by atoms with E-state index in [1.165, 1.54) is 4.31 Å². The molecule has 0 saturated carbocycles. The molecule has 0 bridgehead atoms. The van der Waals surface area contributed by atoms with Gasteiger partial charge in [-0.1, -0.05) is 13.0 Å². The van der Waals surface area contributed by atoms with Crippen LogP contribution in [0.3, 0.4) is 0 Å². The molecule has 20 heavy (non-hydrogen) atoms. The Morgan fingerprint density at radius 1 is 1.30 bits per heavy atom. The molecule has 6 heteroatoms. The summed E-state index contributed by atoms with van der Waals surface area (Å²) >= 11 is 0. The normalized spacial score (nSPS) is 20.9. The summed E-state index contributed by atoms with van der Waals surface area (Å²) in [6, 6.07) is 3.58. The first-order valence-corrected chi connectivity index (χ1v) is 8.38. The number of anilines is 2. The second-order valence-corrected chi connectivity index (χ2v) is 7.41. The number of hydrogen-bond acceptors (Lipinski definition) is 3. The lowest BCUT2D eigenvalue weighted by atomic mass is 10.0. The molecule has 0 aromatic heterocycles. The van der Waals surface area contributed by atoms with Crippen LogP contribution in [0.2, 0.25) is 0 Å². The summed E-state index contributed by atoms with van der Waals surface area (Å²) in [6.07, 6.45) is 2.00. The van der Waals surface area contributed by atoms with Crippen molar-refractivity contribution in [2.75, 3.05) is 23.5 Å². The van der Waals surface area contributed by atoms with Crippen LogP contribution >= 0.6 is 0 Å². The number of benzene rings is 1. The van der Waals surface area contributed by atoms with Crippen LogP contribution in [0.25, 0.3) is 0 Å². The van der Waals surface area contributed by atoms with E-state index in [-0.39, 0.29) is 0 Å². The molecule has 1 heterocycles. The fourth-order valence-electron chi connectivity index (χ4n) is 2.55. The third kappa shape index (κ3) is 3.24. The molecule has 1 aromatic rings. The molecule has 0 amide bonds. The number of nitrogens with one attached hydrogen (secondary N) is 1. The summed E-state index contributed by atoms with van der Waals surface area (Å²) < 4.78 is 29.0. The number of nitrogens with zero attached hydrogens (tertiary/aromatic N) is 1. The van der Waals surface area contributed by atoms with Gasteiger partial charge in [-0.3, -0.25) is 4.72 Å². The SMILES string of the molecule is Cc1cc(C)c(NS(=O)(=O)N2CCCC(C)C2)cc1N. The average Bonchev–Trinajstić information content (AvgIpc) is 2.36. The molecule has 1 saturated heterocycles. The Morgan fingerprint density at radius 2 is 2.00 bits per heavy atom. The maximum atomic E-state index is 12.4. The van der Waals surface area contributed by atoms with E-state index in [1.807, 2.05) is 19.9 Å². The highest BCUT2D eigenvalue weighted by Gasteiger charge is 2.27. The highest BCUT2D eigenvalue weighted by Crippen LogP contribution is 2.25. The second-order valence-electron chi connectivity index (χ2n) is 5.74. The molecule has 1 aliphatic heterocycles. The lowest BCUT2D eigenvalue weighted by molar-refractivity contribution is 0.282. The Morgan fingerprint density at radius 3 is 2.65 bits per heavy atom. The number of aryl methyl sites for hydroxylation is 2. The van der Waals surface area contributed by atoms with Crippen molar-refractivity contribution in [3.05, 3.63) is 23.3 Å². The van der Waals surface area contributed by atoms with Gasteiger partial charge in [-0.15, -0.1) is 0 Å². The summed E-state index contributed by atoms with van der Waals surface area (Å²) in [6.45, 7) is 7.03. The largest absolute Gasteiger partial charge is 0.398 e. The van der Waals surface area contributed by atoms with Crippen LogP contribution in [0.4, 0.5) is 11.4 Å². The topological polar surface area (TPSA) is 75.4 Å². The molecule has 5 nitrogen and oxygen atoms in total. The van der Waals surface area contributed by atoms with Crippen LogP contribution in [0, 0.1) is 19.8 Å². The first-order chi connectivity index (χ1) is 9.29. The van der Waals surface area contributed by atoms with E-state index in [0.29, 0.717) is 30.4 Å². The molecular formula is C14H23N3O2S. The molecule has 1 fully saturated rings. The quantitative estimate of drug-likeness (QED) is 0.840. The van der Waals surface area contributed by atoms with E-state index in [9.17, 15) is 8.42 Å². The zero-order chi connectivity index (χ0) is 14.9. The minimum atomic E-state index is -3.49. The molecule has 2 rings (SSSR count). The fraction of sp³-hybridized carbons (Fsp3) is 0.571. The lowest BCUT2D eigenvalue weighted by Gasteiger charge is -2.30. The number of nitrogens with two attached hydrogens (primary N) is 1. The van der Waals surface area contributed by atoms with Gasteiger partial charge in [0.25, 0.3) is 0 Å². The fourth-order valence-corrected chi connectivity index (χ4v) is 3.99. The highest BCUT2D eigenvalue weighted by atomic mass is 32.2. The van der Waals surface area contributed by atoms with Crippen molar-refractivity contribution in [3.63, 3.8) is 0 Å². The van der Waals surface area contributed by atoms with E-state index in [2.05, 4.69) is 11.6 Å². The maximum Gasteiger partial charge on any atom is 0.301 e. The van der Waals surface area contributed by atoms with Crippen LogP contribution < -0.4 is 10.5 Å². The van der Waals surface area contributed by atoms with Gasteiger partial charge in [-0.05, 0) is 49.8 Å². The molecule has 1 aliphatic rings. The van der Waals surface area contributed by atoms with Crippen molar-refractivity contribution < 1.29 is 8.42 Å². The monoisotopic (exact) mass is 297 g/mol. The van der Waals surface area contributed by atoms with Crippen molar-refractivity contribution in [2.24, 2.45) is 5.92 Å². The van der Waals surface area contributed by atoms with Crippen molar-refractivity contribution in [1.29, 1.82) is 0 Å². The minimum absolute atomic E-state index is 0.407. The summed E-state index contributed by atoms with van der Waals surface area (Å²) in [7, 11) is -3.49. The molecule has 0 spiro atoms. The van der Waals surface area contributed by atoms with Crippen LogP contribution in [0.15, 0.2) is 12.1 Å². The van der Waals surface area contributed by atoms with Gasteiger partial charge >= 0.3 is 10.2 Å². The lowest BCUT2D eigenvalue weighted by Crippen LogP contribution is -2.42. The molecule has 0 radical (unpaired) electrons. The first-order valence-electron chi connectivity index (χ1n) is 6.94. The van der Waals surface area contributed by atoms with Gasteiger partial charge in [-0.2, -0.15) is 12.7 Å². The smallest absolute Gasteiger partial charge is 0.301 e. The number of hydrogen-bond donors (Lipinski definition) is 2. The van der Waals surface area contributed by atoms with Gasteiger partial charge in [0, 0.05) is 18.8 Å². The third-order valence-electron chi connectivity index (χ3n) is 3.81. The van der Waals surface area contributed by atoms with E-state index >= 15 is 0 Å². The Labute approximate surface area is 121 Å². The van der Waals surface area contributed by atoms with Gasteiger partial charge in [0.1, 0.15) is 0 Å². The Kier molecular flexibility index (Phi) is 4.25. The van der Waals surface area contributed by atoms with Crippen molar-refractivity contribution in [1.82, 2.24) is 4.31 Å². The van der Waals surface area contributed by atoms with Crippen molar-refractivity contribution in [3.8, 4) is 0 Å².